The summed E-state index contributed by atoms with van der Waals surface area (Å²) in [6, 6.07) is 27.7. The molecule has 2 heterocycles. The first-order chi connectivity index (χ1) is 17.5. The molecule has 0 radical (unpaired) electrons. The highest BCUT2D eigenvalue weighted by atomic mass is 32.2. The van der Waals surface area contributed by atoms with Gasteiger partial charge in [0.15, 0.2) is 0 Å². The SMILES string of the molecule is N#Cc1ccc2c(c1)CN(S(=O)(=O)N1CCN(Cc3ccccc3)CC1)[C@H](Cc1ccccc1)CN2. The van der Waals surface area contributed by atoms with E-state index in [0.717, 1.165) is 23.4 Å². The summed E-state index contributed by atoms with van der Waals surface area (Å²) in [6.07, 6.45) is 0.611. The van der Waals surface area contributed by atoms with E-state index in [1.54, 1.807) is 20.7 Å². The molecule has 0 unspecified atom stereocenters. The van der Waals surface area contributed by atoms with E-state index in [1.165, 1.54) is 5.56 Å². The number of piperazine rings is 1. The van der Waals surface area contributed by atoms with Crippen LogP contribution in [-0.4, -0.2) is 60.7 Å². The van der Waals surface area contributed by atoms with Gasteiger partial charge in [-0.05, 0) is 41.3 Å². The molecule has 1 N–H and O–H groups in total. The molecule has 0 saturated carbocycles. The van der Waals surface area contributed by atoms with Crippen LogP contribution in [0.2, 0.25) is 0 Å². The van der Waals surface area contributed by atoms with Crippen molar-refractivity contribution in [2.45, 2.75) is 25.6 Å². The minimum Gasteiger partial charge on any atom is -0.383 e. The lowest BCUT2D eigenvalue weighted by molar-refractivity contribution is 0.170. The molecule has 1 atom stereocenters. The summed E-state index contributed by atoms with van der Waals surface area (Å²) in [5.74, 6) is 0. The van der Waals surface area contributed by atoms with Gasteiger partial charge in [0.2, 0.25) is 0 Å². The van der Waals surface area contributed by atoms with E-state index >= 15 is 0 Å². The fourth-order valence-electron chi connectivity index (χ4n) is 5.03. The molecule has 2 aliphatic rings. The zero-order valence-corrected chi connectivity index (χ0v) is 21.1. The summed E-state index contributed by atoms with van der Waals surface area (Å²) in [5, 5.41) is 12.8. The Bertz CT molecular complexity index is 1320. The molecular formula is C28H31N5O2S. The Balaban J connectivity index is 1.37. The summed E-state index contributed by atoms with van der Waals surface area (Å²) in [5.41, 5.74) is 4.58. The van der Waals surface area contributed by atoms with Crippen LogP contribution in [0.25, 0.3) is 0 Å². The molecule has 3 aromatic carbocycles. The molecule has 1 saturated heterocycles. The Labute approximate surface area is 213 Å². The first kappa shape index (κ1) is 24.5. The fourth-order valence-corrected chi connectivity index (χ4v) is 6.78. The minimum absolute atomic E-state index is 0.238. The topological polar surface area (TPSA) is 79.7 Å². The van der Waals surface area contributed by atoms with Crippen LogP contribution in [0.4, 0.5) is 5.69 Å². The smallest absolute Gasteiger partial charge is 0.282 e. The molecule has 2 aliphatic heterocycles. The third-order valence-electron chi connectivity index (χ3n) is 7.01. The second kappa shape index (κ2) is 10.8. The molecule has 1 fully saturated rings. The van der Waals surface area contributed by atoms with Gasteiger partial charge in [0, 0.05) is 57.5 Å². The van der Waals surface area contributed by atoms with Crippen LogP contribution < -0.4 is 5.32 Å². The van der Waals surface area contributed by atoms with Crippen molar-refractivity contribution in [3.63, 3.8) is 0 Å². The van der Waals surface area contributed by atoms with E-state index in [0.29, 0.717) is 44.7 Å². The Morgan fingerprint density at radius 3 is 2.22 bits per heavy atom. The van der Waals surface area contributed by atoms with Crippen molar-refractivity contribution in [3.05, 3.63) is 101 Å². The summed E-state index contributed by atoms with van der Waals surface area (Å²) < 4.78 is 31.4. The predicted octanol–water partition coefficient (Wildman–Crippen LogP) is 3.46. The highest BCUT2D eigenvalue weighted by molar-refractivity contribution is 7.86. The predicted molar refractivity (Wildman–Crippen MR) is 141 cm³/mol. The van der Waals surface area contributed by atoms with E-state index in [2.05, 4.69) is 28.4 Å². The van der Waals surface area contributed by atoms with Gasteiger partial charge in [0.05, 0.1) is 11.6 Å². The quantitative estimate of drug-likeness (QED) is 0.560. The van der Waals surface area contributed by atoms with Gasteiger partial charge in [-0.3, -0.25) is 4.90 Å². The monoisotopic (exact) mass is 501 g/mol. The van der Waals surface area contributed by atoms with Gasteiger partial charge < -0.3 is 5.32 Å². The van der Waals surface area contributed by atoms with Gasteiger partial charge in [-0.25, -0.2) is 0 Å². The van der Waals surface area contributed by atoms with E-state index in [4.69, 9.17) is 0 Å². The standard InChI is InChI=1S/C28H31N5O2S/c29-19-25-11-12-28-26(17-25)22-33(27(20-30-28)18-23-7-3-1-4-8-23)36(34,35)32-15-13-31(14-16-32)21-24-9-5-2-6-10-24/h1-12,17,27,30H,13-16,18,20-22H2/t27-/m1/s1. The summed E-state index contributed by atoms with van der Waals surface area (Å²) in [4.78, 5) is 2.31. The number of nitrogens with one attached hydrogen (secondary N) is 1. The highest BCUT2D eigenvalue weighted by Crippen LogP contribution is 2.29. The van der Waals surface area contributed by atoms with Gasteiger partial charge in [-0.1, -0.05) is 60.7 Å². The lowest BCUT2D eigenvalue weighted by Crippen LogP contribution is -2.55. The molecule has 5 rings (SSSR count). The van der Waals surface area contributed by atoms with Crippen molar-refractivity contribution in [1.29, 1.82) is 5.26 Å². The van der Waals surface area contributed by atoms with Crippen molar-refractivity contribution in [2.75, 3.05) is 38.0 Å². The van der Waals surface area contributed by atoms with Crippen molar-refractivity contribution in [2.24, 2.45) is 0 Å². The van der Waals surface area contributed by atoms with Crippen LogP contribution >= 0.6 is 0 Å². The van der Waals surface area contributed by atoms with Crippen LogP contribution in [0.15, 0.2) is 78.9 Å². The van der Waals surface area contributed by atoms with Crippen molar-refractivity contribution < 1.29 is 8.42 Å². The Morgan fingerprint density at radius 1 is 0.889 bits per heavy atom. The van der Waals surface area contributed by atoms with Gasteiger partial charge in [0.1, 0.15) is 0 Å². The third-order valence-corrected chi connectivity index (χ3v) is 9.05. The van der Waals surface area contributed by atoms with Crippen LogP contribution in [0.1, 0.15) is 22.3 Å². The Morgan fingerprint density at radius 2 is 1.56 bits per heavy atom. The average Bonchev–Trinajstić information content (AvgIpc) is 3.09. The molecule has 0 bridgehead atoms. The van der Waals surface area contributed by atoms with Gasteiger partial charge in [0.25, 0.3) is 10.2 Å². The molecule has 36 heavy (non-hydrogen) atoms. The largest absolute Gasteiger partial charge is 0.383 e. The van der Waals surface area contributed by atoms with Crippen LogP contribution in [0, 0.1) is 11.3 Å². The van der Waals surface area contributed by atoms with Gasteiger partial charge in [-0.2, -0.15) is 22.3 Å². The van der Waals surface area contributed by atoms with Crippen molar-refractivity contribution >= 4 is 15.9 Å². The summed E-state index contributed by atoms with van der Waals surface area (Å²) >= 11 is 0. The number of hydrogen-bond donors (Lipinski definition) is 1. The number of rotatable bonds is 6. The zero-order valence-electron chi connectivity index (χ0n) is 20.3. The maximum Gasteiger partial charge on any atom is 0.282 e. The maximum absolute atomic E-state index is 14.1. The molecule has 0 aliphatic carbocycles. The Hall–Kier alpha value is -3.22. The van der Waals surface area contributed by atoms with Gasteiger partial charge in [-0.15, -0.1) is 0 Å². The van der Waals surface area contributed by atoms with E-state index in [9.17, 15) is 13.7 Å². The van der Waals surface area contributed by atoms with Crippen LogP contribution in [0.3, 0.4) is 0 Å². The molecule has 7 nitrogen and oxygen atoms in total. The number of fused-ring (bicyclic) bond motifs is 1. The lowest BCUT2D eigenvalue weighted by atomic mass is 10.1. The third kappa shape index (κ3) is 5.45. The lowest BCUT2D eigenvalue weighted by Gasteiger charge is -2.38. The Kier molecular flexibility index (Phi) is 7.35. The second-order valence-electron chi connectivity index (χ2n) is 9.42. The molecule has 3 aromatic rings. The number of nitrogens with zero attached hydrogens (tertiary/aromatic N) is 4. The first-order valence-corrected chi connectivity index (χ1v) is 13.8. The number of anilines is 1. The number of hydrogen-bond acceptors (Lipinski definition) is 5. The first-order valence-electron chi connectivity index (χ1n) is 12.4. The van der Waals surface area contributed by atoms with Crippen molar-refractivity contribution in [3.8, 4) is 6.07 Å². The van der Waals surface area contributed by atoms with E-state index in [-0.39, 0.29) is 12.6 Å². The molecule has 0 aromatic heterocycles. The zero-order chi connectivity index (χ0) is 25.0. The van der Waals surface area contributed by atoms with E-state index in [1.807, 2.05) is 54.6 Å². The molecule has 0 amide bonds. The highest BCUT2D eigenvalue weighted by Gasteiger charge is 2.38. The number of nitriles is 1. The van der Waals surface area contributed by atoms with Crippen LogP contribution in [0.5, 0.6) is 0 Å². The molecule has 8 heteroatoms. The second-order valence-corrected chi connectivity index (χ2v) is 11.3. The normalized spacial score (nSPS) is 19.6. The number of benzene rings is 3. The maximum atomic E-state index is 14.1. The van der Waals surface area contributed by atoms with Crippen LogP contribution in [-0.2, 0) is 29.7 Å². The van der Waals surface area contributed by atoms with E-state index < -0.39 is 10.2 Å². The molecular weight excluding hydrogens is 470 g/mol. The molecule has 0 spiro atoms. The van der Waals surface area contributed by atoms with Crippen molar-refractivity contribution in [1.82, 2.24) is 13.5 Å². The average molecular weight is 502 g/mol. The summed E-state index contributed by atoms with van der Waals surface area (Å²) in [6.45, 7) is 3.87. The summed E-state index contributed by atoms with van der Waals surface area (Å²) in [7, 11) is -3.72. The fraction of sp³-hybridized carbons (Fsp3) is 0.321. The minimum atomic E-state index is -3.72. The molecule has 186 valence electrons. The van der Waals surface area contributed by atoms with Gasteiger partial charge >= 0.3 is 0 Å².